The molecule has 0 bridgehead atoms. The summed E-state index contributed by atoms with van der Waals surface area (Å²) in [6.07, 6.45) is 0. The molecular weight excluding hydrogens is 278 g/mol. The number of nitrogens with one attached hydrogen (secondary N) is 1. The number of hydrogen-bond acceptors (Lipinski definition) is 1. The van der Waals surface area contributed by atoms with Crippen LogP contribution in [0, 0.1) is 6.92 Å². The summed E-state index contributed by atoms with van der Waals surface area (Å²) < 4.78 is 0. The van der Waals surface area contributed by atoms with E-state index in [-0.39, 0.29) is 10.8 Å². The Bertz CT molecular complexity index is 620. The molecule has 0 aliphatic rings. The third-order valence-corrected chi connectivity index (χ3v) is 4.27. The molecule has 0 fully saturated rings. The van der Waals surface area contributed by atoms with Gasteiger partial charge in [0.15, 0.2) is 0 Å². The first-order valence-corrected chi connectivity index (χ1v) is 8.51. The van der Waals surface area contributed by atoms with Crippen molar-refractivity contribution >= 4 is 5.69 Å². The second-order valence-corrected chi connectivity index (χ2v) is 8.64. The van der Waals surface area contributed by atoms with Gasteiger partial charge in [0.05, 0.1) is 0 Å². The van der Waals surface area contributed by atoms with Crippen molar-refractivity contribution in [1.29, 1.82) is 0 Å². The molecule has 23 heavy (non-hydrogen) atoms. The molecular formula is C22H31N. The van der Waals surface area contributed by atoms with E-state index in [1.807, 2.05) is 0 Å². The third-order valence-electron chi connectivity index (χ3n) is 4.27. The van der Waals surface area contributed by atoms with Gasteiger partial charge >= 0.3 is 0 Å². The molecule has 0 saturated heterocycles. The lowest BCUT2D eigenvalue weighted by Gasteiger charge is -2.26. The number of hydrogen-bond donors (Lipinski definition) is 1. The fraction of sp³-hybridized carbons (Fsp3) is 0.455. The molecule has 0 atom stereocenters. The van der Waals surface area contributed by atoms with E-state index >= 15 is 0 Å². The SMILES string of the molecule is Cc1ccc(NCc2cc(C(C)(C)C)cc(C(C)(C)C)c2)cc1. The molecule has 0 heterocycles. The van der Waals surface area contributed by atoms with E-state index in [9.17, 15) is 0 Å². The normalized spacial score (nSPS) is 12.3. The van der Waals surface area contributed by atoms with Gasteiger partial charge in [-0.05, 0) is 46.6 Å². The molecule has 0 radical (unpaired) electrons. The first-order chi connectivity index (χ1) is 10.6. The van der Waals surface area contributed by atoms with Crippen LogP contribution in [0.15, 0.2) is 42.5 Å². The van der Waals surface area contributed by atoms with Crippen molar-refractivity contribution in [3.05, 3.63) is 64.7 Å². The second-order valence-electron chi connectivity index (χ2n) is 8.64. The van der Waals surface area contributed by atoms with Crippen LogP contribution in [0.2, 0.25) is 0 Å². The Hall–Kier alpha value is -1.76. The van der Waals surface area contributed by atoms with Crippen LogP contribution in [0.25, 0.3) is 0 Å². The average molecular weight is 309 g/mol. The summed E-state index contributed by atoms with van der Waals surface area (Å²) in [6.45, 7) is 16.7. The highest BCUT2D eigenvalue weighted by molar-refractivity contribution is 5.46. The van der Waals surface area contributed by atoms with Crippen LogP contribution in [-0.2, 0) is 17.4 Å². The number of benzene rings is 2. The zero-order valence-electron chi connectivity index (χ0n) is 15.7. The number of anilines is 1. The fourth-order valence-electron chi connectivity index (χ4n) is 2.54. The van der Waals surface area contributed by atoms with E-state index in [2.05, 4.69) is 96.2 Å². The van der Waals surface area contributed by atoms with Crippen LogP contribution in [0.4, 0.5) is 5.69 Å². The lowest BCUT2D eigenvalue weighted by molar-refractivity contribution is 0.567. The van der Waals surface area contributed by atoms with Gasteiger partial charge in [0.1, 0.15) is 0 Å². The van der Waals surface area contributed by atoms with Crippen LogP contribution in [-0.4, -0.2) is 0 Å². The van der Waals surface area contributed by atoms with Gasteiger partial charge in [0.2, 0.25) is 0 Å². The molecule has 2 aromatic carbocycles. The Kier molecular flexibility index (Phi) is 4.89. The lowest BCUT2D eigenvalue weighted by Crippen LogP contribution is -2.17. The van der Waals surface area contributed by atoms with Gasteiger partial charge in [-0.2, -0.15) is 0 Å². The molecule has 124 valence electrons. The van der Waals surface area contributed by atoms with E-state index in [0.29, 0.717) is 0 Å². The summed E-state index contributed by atoms with van der Waals surface area (Å²) >= 11 is 0. The summed E-state index contributed by atoms with van der Waals surface area (Å²) in [6, 6.07) is 15.6. The largest absolute Gasteiger partial charge is 0.381 e. The van der Waals surface area contributed by atoms with E-state index in [4.69, 9.17) is 0 Å². The van der Waals surface area contributed by atoms with Crippen LogP contribution >= 0.6 is 0 Å². The van der Waals surface area contributed by atoms with Crippen molar-refractivity contribution in [1.82, 2.24) is 0 Å². The Morgan fingerprint density at radius 1 is 0.739 bits per heavy atom. The predicted molar refractivity (Wildman–Crippen MR) is 102 cm³/mol. The molecule has 0 spiro atoms. The van der Waals surface area contributed by atoms with E-state index < -0.39 is 0 Å². The Balaban J connectivity index is 2.28. The van der Waals surface area contributed by atoms with Crippen molar-refractivity contribution in [2.75, 3.05) is 5.32 Å². The summed E-state index contributed by atoms with van der Waals surface area (Å²) in [7, 11) is 0. The molecule has 0 aliphatic heterocycles. The van der Waals surface area contributed by atoms with Crippen molar-refractivity contribution in [3.63, 3.8) is 0 Å². The minimum Gasteiger partial charge on any atom is -0.381 e. The van der Waals surface area contributed by atoms with E-state index in [1.54, 1.807) is 0 Å². The molecule has 0 aromatic heterocycles. The Morgan fingerprint density at radius 2 is 1.22 bits per heavy atom. The Morgan fingerprint density at radius 3 is 1.65 bits per heavy atom. The van der Waals surface area contributed by atoms with Gasteiger partial charge in [-0.3, -0.25) is 0 Å². The van der Waals surface area contributed by atoms with Crippen molar-refractivity contribution in [2.24, 2.45) is 0 Å². The van der Waals surface area contributed by atoms with Gasteiger partial charge in [-0.1, -0.05) is 77.4 Å². The van der Waals surface area contributed by atoms with Gasteiger partial charge in [-0.25, -0.2) is 0 Å². The van der Waals surface area contributed by atoms with E-state index in [0.717, 1.165) is 6.54 Å². The molecule has 1 nitrogen and oxygen atoms in total. The van der Waals surface area contributed by atoms with Crippen LogP contribution in [0.1, 0.15) is 63.8 Å². The minimum absolute atomic E-state index is 0.167. The standard InChI is InChI=1S/C22H31N/c1-16-8-10-20(11-9-16)23-15-17-12-18(21(2,3)4)14-19(13-17)22(5,6)7/h8-14,23H,15H2,1-7H3. The quantitative estimate of drug-likeness (QED) is 0.711. The van der Waals surface area contributed by atoms with Crippen molar-refractivity contribution in [2.45, 2.75) is 65.8 Å². The first-order valence-electron chi connectivity index (χ1n) is 8.51. The van der Waals surface area contributed by atoms with Crippen molar-refractivity contribution < 1.29 is 0 Å². The van der Waals surface area contributed by atoms with E-state index in [1.165, 1.54) is 27.9 Å². The fourth-order valence-corrected chi connectivity index (χ4v) is 2.54. The molecule has 2 aromatic rings. The molecule has 0 aliphatic carbocycles. The third kappa shape index (κ3) is 4.86. The minimum atomic E-state index is 0.167. The summed E-state index contributed by atoms with van der Waals surface area (Å²) in [5.74, 6) is 0. The smallest absolute Gasteiger partial charge is 0.0400 e. The second kappa shape index (κ2) is 6.39. The molecule has 1 heteroatoms. The van der Waals surface area contributed by atoms with Crippen LogP contribution < -0.4 is 5.32 Å². The van der Waals surface area contributed by atoms with Gasteiger partial charge in [0, 0.05) is 12.2 Å². The summed E-state index contributed by atoms with van der Waals surface area (Å²) in [4.78, 5) is 0. The van der Waals surface area contributed by atoms with Crippen LogP contribution in [0.3, 0.4) is 0 Å². The van der Waals surface area contributed by atoms with Crippen molar-refractivity contribution in [3.8, 4) is 0 Å². The molecule has 0 saturated carbocycles. The zero-order chi connectivity index (χ0) is 17.3. The molecule has 1 N–H and O–H groups in total. The van der Waals surface area contributed by atoms with Gasteiger partial charge < -0.3 is 5.32 Å². The van der Waals surface area contributed by atoms with Gasteiger partial charge in [-0.15, -0.1) is 0 Å². The highest BCUT2D eigenvalue weighted by Gasteiger charge is 2.20. The summed E-state index contributed by atoms with van der Waals surface area (Å²) in [5.41, 5.74) is 6.97. The lowest BCUT2D eigenvalue weighted by atomic mass is 9.79. The maximum absolute atomic E-state index is 3.55. The average Bonchev–Trinajstić information content (AvgIpc) is 2.44. The Labute approximate surface area is 142 Å². The number of rotatable bonds is 3. The van der Waals surface area contributed by atoms with Crippen LogP contribution in [0.5, 0.6) is 0 Å². The first kappa shape index (κ1) is 17.6. The molecule has 0 unspecified atom stereocenters. The maximum Gasteiger partial charge on any atom is 0.0400 e. The highest BCUT2D eigenvalue weighted by Crippen LogP contribution is 2.30. The zero-order valence-corrected chi connectivity index (χ0v) is 15.7. The highest BCUT2D eigenvalue weighted by atomic mass is 14.9. The summed E-state index contributed by atoms with van der Waals surface area (Å²) in [5, 5.41) is 3.55. The van der Waals surface area contributed by atoms with Gasteiger partial charge in [0.25, 0.3) is 0 Å². The monoisotopic (exact) mass is 309 g/mol. The molecule has 0 amide bonds. The topological polar surface area (TPSA) is 12.0 Å². The predicted octanol–water partition coefficient (Wildman–Crippen LogP) is 6.20. The molecule has 2 rings (SSSR count). The number of aryl methyl sites for hydroxylation is 1. The maximum atomic E-state index is 3.55.